The molecule has 0 bridgehead atoms. The van der Waals surface area contributed by atoms with Gasteiger partial charge in [-0.3, -0.25) is 4.79 Å². The molecule has 4 nitrogen and oxygen atoms in total. The highest BCUT2D eigenvalue weighted by atomic mass is 16.4. The van der Waals surface area contributed by atoms with E-state index in [1.807, 2.05) is 7.05 Å². The van der Waals surface area contributed by atoms with Gasteiger partial charge in [0.1, 0.15) is 11.2 Å². The Morgan fingerprint density at radius 1 is 1.75 bits per heavy atom. The van der Waals surface area contributed by atoms with Gasteiger partial charge in [0.25, 0.3) is 0 Å². The minimum absolute atomic E-state index is 0.668. The molecule has 1 N–H and O–H groups in total. The molecule has 1 heterocycles. The maximum absolute atomic E-state index is 10.9. The molecule has 2 rings (SSSR count). The van der Waals surface area contributed by atoms with Crippen LogP contribution < -0.4 is 0 Å². The Morgan fingerprint density at radius 3 is 2.75 bits per heavy atom. The lowest BCUT2D eigenvalue weighted by molar-refractivity contribution is -0.140. The number of carboxylic acids is 1. The van der Waals surface area contributed by atoms with Crippen molar-refractivity contribution in [2.24, 2.45) is 7.05 Å². The molecule has 12 heavy (non-hydrogen) atoms. The SMILES string of the molecule is Cn1ccnc1C1(C(=O)O)CC1. The number of nitrogens with zero attached hydrogens (tertiary/aromatic N) is 2. The zero-order valence-corrected chi connectivity index (χ0v) is 6.82. The highest BCUT2D eigenvalue weighted by molar-refractivity contribution is 5.83. The van der Waals surface area contributed by atoms with Crippen LogP contribution in [0.25, 0.3) is 0 Å². The molecule has 1 aliphatic rings. The second-order valence-electron chi connectivity index (χ2n) is 3.25. The number of hydrogen-bond acceptors (Lipinski definition) is 2. The van der Waals surface area contributed by atoms with Gasteiger partial charge in [0.05, 0.1) is 0 Å². The maximum Gasteiger partial charge on any atom is 0.317 e. The first-order valence-corrected chi connectivity index (χ1v) is 3.88. The molecule has 0 saturated heterocycles. The zero-order chi connectivity index (χ0) is 8.77. The van der Waals surface area contributed by atoms with E-state index in [1.54, 1.807) is 17.0 Å². The van der Waals surface area contributed by atoms with E-state index < -0.39 is 11.4 Å². The van der Waals surface area contributed by atoms with Gasteiger partial charge < -0.3 is 9.67 Å². The number of aryl methyl sites for hydroxylation is 1. The Hall–Kier alpha value is -1.32. The zero-order valence-electron chi connectivity index (χ0n) is 6.82. The Morgan fingerprint density at radius 2 is 2.42 bits per heavy atom. The van der Waals surface area contributed by atoms with Crippen molar-refractivity contribution in [3.05, 3.63) is 18.2 Å². The molecule has 4 heteroatoms. The summed E-state index contributed by atoms with van der Waals surface area (Å²) in [4.78, 5) is 14.9. The van der Waals surface area contributed by atoms with E-state index >= 15 is 0 Å². The fourth-order valence-electron chi connectivity index (χ4n) is 1.48. The first kappa shape index (κ1) is 7.34. The lowest BCUT2D eigenvalue weighted by atomic mass is 10.1. The maximum atomic E-state index is 10.9. The Balaban J connectivity index is 2.43. The molecular weight excluding hydrogens is 156 g/mol. The van der Waals surface area contributed by atoms with Crippen molar-refractivity contribution in [3.8, 4) is 0 Å². The lowest BCUT2D eigenvalue weighted by Crippen LogP contribution is -2.23. The second kappa shape index (κ2) is 2.09. The summed E-state index contributed by atoms with van der Waals surface area (Å²) < 4.78 is 1.78. The number of aliphatic carboxylic acids is 1. The Kier molecular flexibility index (Phi) is 1.28. The van der Waals surface area contributed by atoms with E-state index in [-0.39, 0.29) is 0 Å². The van der Waals surface area contributed by atoms with Crippen molar-refractivity contribution >= 4 is 5.97 Å². The predicted molar refractivity (Wildman–Crippen MR) is 41.8 cm³/mol. The minimum Gasteiger partial charge on any atom is -0.480 e. The molecular formula is C8H10N2O2. The smallest absolute Gasteiger partial charge is 0.317 e. The summed E-state index contributed by atoms with van der Waals surface area (Å²) in [6.07, 6.45) is 4.84. The highest BCUT2D eigenvalue weighted by Gasteiger charge is 2.54. The quantitative estimate of drug-likeness (QED) is 0.697. The molecule has 1 aromatic heterocycles. The van der Waals surface area contributed by atoms with Gasteiger partial charge in [0.2, 0.25) is 0 Å². The summed E-state index contributed by atoms with van der Waals surface area (Å²) >= 11 is 0. The van der Waals surface area contributed by atoms with E-state index in [4.69, 9.17) is 5.11 Å². The van der Waals surface area contributed by atoms with Crippen LogP contribution >= 0.6 is 0 Å². The average molecular weight is 166 g/mol. The fourth-order valence-corrected chi connectivity index (χ4v) is 1.48. The fraction of sp³-hybridized carbons (Fsp3) is 0.500. The number of carboxylic acid groups (broad SMARTS) is 1. The molecule has 1 aromatic rings. The molecule has 0 aliphatic heterocycles. The van der Waals surface area contributed by atoms with Crippen LogP contribution in [0.15, 0.2) is 12.4 Å². The van der Waals surface area contributed by atoms with Crippen LogP contribution in [0.5, 0.6) is 0 Å². The molecule has 1 fully saturated rings. The topological polar surface area (TPSA) is 55.1 Å². The van der Waals surface area contributed by atoms with Gasteiger partial charge in [0, 0.05) is 19.4 Å². The number of rotatable bonds is 2. The third-order valence-electron chi connectivity index (χ3n) is 2.41. The molecule has 0 atom stereocenters. The largest absolute Gasteiger partial charge is 0.480 e. The first-order chi connectivity index (χ1) is 5.67. The summed E-state index contributed by atoms with van der Waals surface area (Å²) in [6, 6.07) is 0. The van der Waals surface area contributed by atoms with E-state index in [1.165, 1.54) is 0 Å². The second-order valence-corrected chi connectivity index (χ2v) is 3.25. The van der Waals surface area contributed by atoms with E-state index in [9.17, 15) is 4.79 Å². The summed E-state index contributed by atoms with van der Waals surface area (Å²) in [5.74, 6) is -0.0770. The van der Waals surface area contributed by atoms with Crippen molar-refractivity contribution in [1.82, 2.24) is 9.55 Å². The highest BCUT2D eigenvalue weighted by Crippen LogP contribution is 2.47. The van der Waals surface area contributed by atoms with E-state index in [0.29, 0.717) is 18.7 Å². The van der Waals surface area contributed by atoms with Crippen LogP contribution in [-0.4, -0.2) is 20.6 Å². The number of hydrogen-bond donors (Lipinski definition) is 1. The van der Waals surface area contributed by atoms with Crippen LogP contribution in [0.4, 0.5) is 0 Å². The summed E-state index contributed by atoms with van der Waals surface area (Å²) in [5, 5.41) is 8.95. The first-order valence-electron chi connectivity index (χ1n) is 3.88. The van der Waals surface area contributed by atoms with E-state index in [2.05, 4.69) is 4.98 Å². The molecule has 0 spiro atoms. The molecule has 0 amide bonds. The molecule has 1 saturated carbocycles. The van der Waals surface area contributed by atoms with Crippen molar-refractivity contribution < 1.29 is 9.90 Å². The summed E-state index contributed by atoms with van der Waals surface area (Å²) in [7, 11) is 1.82. The van der Waals surface area contributed by atoms with Crippen molar-refractivity contribution in [2.45, 2.75) is 18.3 Å². The van der Waals surface area contributed by atoms with E-state index in [0.717, 1.165) is 0 Å². The van der Waals surface area contributed by atoms with Gasteiger partial charge in [-0.05, 0) is 12.8 Å². The van der Waals surface area contributed by atoms with Crippen molar-refractivity contribution in [3.63, 3.8) is 0 Å². The molecule has 0 unspecified atom stereocenters. The minimum atomic E-state index is -0.753. The van der Waals surface area contributed by atoms with Gasteiger partial charge in [-0.2, -0.15) is 0 Å². The molecule has 1 aliphatic carbocycles. The third-order valence-corrected chi connectivity index (χ3v) is 2.41. The van der Waals surface area contributed by atoms with Crippen molar-refractivity contribution in [2.75, 3.05) is 0 Å². The van der Waals surface area contributed by atoms with Gasteiger partial charge in [-0.25, -0.2) is 4.98 Å². The van der Waals surface area contributed by atoms with Gasteiger partial charge in [-0.1, -0.05) is 0 Å². The number of aromatic nitrogens is 2. The summed E-state index contributed by atoms with van der Waals surface area (Å²) in [5.41, 5.74) is -0.668. The Bertz CT molecular complexity index is 326. The number of carbonyl (C=O) groups is 1. The molecule has 64 valence electrons. The van der Waals surface area contributed by atoms with Crippen LogP contribution in [0.3, 0.4) is 0 Å². The summed E-state index contributed by atoms with van der Waals surface area (Å²) in [6.45, 7) is 0. The average Bonchev–Trinajstić information content (AvgIpc) is 2.71. The van der Waals surface area contributed by atoms with Crippen LogP contribution in [0, 0.1) is 0 Å². The Labute approximate surface area is 69.8 Å². The molecule has 0 aromatic carbocycles. The normalized spacial score (nSPS) is 19.1. The third kappa shape index (κ3) is 0.776. The van der Waals surface area contributed by atoms with Crippen LogP contribution in [0.1, 0.15) is 18.7 Å². The predicted octanol–water partition coefficient (Wildman–Crippen LogP) is 0.536. The van der Waals surface area contributed by atoms with Gasteiger partial charge in [-0.15, -0.1) is 0 Å². The van der Waals surface area contributed by atoms with Gasteiger partial charge >= 0.3 is 5.97 Å². The van der Waals surface area contributed by atoms with Crippen LogP contribution in [0.2, 0.25) is 0 Å². The standard InChI is InChI=1S/C8H10N2O2/c1-10-5-4-9-6(10)8(2-3-8)7(11)12/h4-5H,2-3H2,1H3,(H,11,12). The monoisotopic (exact) mass is 166 g/mol. The van der Waals surface area contributed by atoms with Gasteiger partial charge in [0.15, 0.2) is 0 Å². The number of imidazole rings is 1. The van der Waals surface area contributed by atoms with Crippen LogP contribution in [-0.2, 0) is 17.3 Å². The van der Waals surface area contributed by atoms with Crippen molar-refractivity contribution in [1.29, 1.82) is 0 Å². The lowest BCUT2D eigenvalue weighted by Gasteiger charge is -2.08. The molecule has 0 radical (unpaired) electrons.